The Hall–Kier alpha value is -2.26. The third-order valence-electron chi connectivity index (χ3n) is 3.21. The summed E-state index contributed by atoms with van der Waals surface area (Å²) >= 11 is 1.83. The molecule has 0 saturated carbocycles. The topological polar surface area (TPSA) is 102 Å². The van der Waals surface area contributed by atoms with Gasteiger partial charge in [0.15, 0.2) is 0 Å². The monoisotopic (exact) mass is 313 g/mol. The van der Waals surface area contributed by atoms with E-state index in [0.717, 1.165) is 11.3 Å². The summed E-state index contributed by atoms with van der Waals surface area (Å²) in [6, 6.07) is 9.97. The van der Waals surface area contributed by atoms with Crippen LogP contribution in [0.25, 0.3) is 11.3 Å². The number of nitrogen functional groups attached to an aromatic ring is 2. The SMILES string of the molecule is CCCCCSc1ccc(-c2nc(N)nc(N)c2C#N)cc1. The summed E-state index contributed by atoms with van der Waals surface area (Å²) in [5.41, 5.74) is 12.9. The Labute approximate surface area is 134 Å². The Morgan fingerprint density at radius 2 is 1.86 bits per heavy atom. The zero-order valence-corrected chi connectivity index (χ0v) is 13.4. The van der Waals surface area contributed by atoms with E-state index in [9.17, 15) is 5.26 Å². The number of hydrogen-bond acceptors (Lipinski definition) is 6. The number of nitrogens with zero attached hydrogens (tertiary/aromatic N) is 3. The molecule has 2 rings (SSSR count). The highest BCUT2D eigenvalue weighted by Crippen LogP contribution is 2.28. The van der Waals surface area contributed by atoms with Gasteiger partial charge in [-0.1, -0.05) is 31.9 Å². The molecule has 6 heteroatoms. The third-order valence-corrected chi connectivity index (χ3v) is 4.31. The molecule has 0 radical (unpaired) electrons. The van der Waals surface area contributed by atoms with Crippen LogP contribution in [-0.2, 0) is 0 Å². The molecular weight excluding hydrogens is 294 g/mol. The maximum absolute atomic E-state index is 9.22. The van der Waals surface area contributed by atoms with Gasteiger partial charge in [0, 0.05) is 10.5 Å². The summed E-state index contributed by atoms with van der Waals surface area (Å²) in [4.78, 5) is 9.17. The molecule has 0 fully saturated rings. The molecule has 0 saturated heterocycles. The van der Waals surface area contributed by atoms with Crippen LogP contribution in [0.5, 0.6) is 0 Å². The van der Waals surface area contributed by atoms with E-state index in [1.807, 2.05) is 42.1 Å². The van der Waals surface area contributed by atoms with Crippen molar-refractivity contribution in [3.63, 3.8) is 0 Å². The smallest absolute Gasteiger partial charge is 0.222 e. The molecule has 2 aromatic rings. The van der Waals surface area contributed by atoms with Crippen LogP contribution in [0.1, 0.15) is 31.7 Å². The first kappa shape index (κ1) is 16.1. The van der Waals surface area contributed by atoms with Gasteiger partial charge in [0.25, 0.3) is 0 Å². The standard InChI is InChI=1S/C16H19N5S/c1-2-3-4-9-22-12-7-5-11(6-8-12)14-13(10-17)15(18)21-16(19)20-14/h5-8H,2-4,9H2,1H3,(H4,18,19,20,21). The average molecular weight is 313 g/mol. The number of thioether (sulfide) groups is 1. The minimum atomic E-state index is 0.0736. The zero-order chi connectivity index (χ0) is 15.9. The van der Waals surface area contributed by atoms with E-state index in [2.05, 4.69) is 16.9 Å². The molecule has 22 heavy (non-hydrogen) atoms. The highest BCUT2D eigenvalue weighted by atomic mass is 32.2. The van der Waals surface area contributed by atoms with Crippen LogP contribution in [0.4, 0.5) is 11.8 Å². The maximum Gasteiger partial charge on any atom is 0.222 e. The number of benzene rings is 1. The third kappa shape index (κ3) is 3.89. The van der Waals surface area contributed by atoms with Gasteiger partial charge in [-0.3, -0.25) is 0 Å². The molecule has 1 heterocycles. The lowest BCUT2D eigenvalue weighted by atomic mass is 10.1. The van der Waals surface area contributed by atoms with Crippen LogP contribution in [0.15, 0.2) is 29.2 Å². The lowest BCUT2D eigenvalue weighted by Crippen LogP contribution is -2.04. The molecule has 0 spiro atoms. The van der Waals surface area contributed by atoms with Gasteiger partial charge in [-0.2, -0.15) is 10.2 Å². The Bertz CT molecular complexity index is 676. The number of anilines is 2. The largest absolute Gasteiger partial charge is 0.382 e. The second-order valence-corrected chi connectivity index (χ2v) is 6.05. The van der Waals surface area contributed by atoms with Crippen LogP contribution in [0.3, 0.4) is 0 Å². The normalized spacial score (nSPS) is 10.4. The summed E-state index contributed by atoms with van der Waals surface area (Å²) in [6.45, 7) is 2.20. The molecule has 0 aliphatic rings. The molecule has 0 bridgehead atoms. The predicted octanol–water partition coefficient (Wildman–Crippen LogP) is 3.46. The molecule has 1 aromatic carbocycles. The minimum absolute atomic E-state index is 0.0736. The molecule has 5 nitrogen and oxygen atoms in total. The zero-order valence-electron chi connectivity index (χ0n) is 12.5. The molecule has 0 aliphatic heterocycles. The van der Waals surface area contributed by atoms with Crippen molar-refractivity contribution in [3.8, 4) is 17.3 Å². The van der Waals surface area contributed by atoms with Crippen molar-refractivity contribution in [1.29, 1.82) is 5.26 Å². The van der Waals surface area contributed by atoms with Crippen molar-refractivity contribution in [1.82, 2.24) is 9.97 Å². The summed E-state index contributed by atoms with van der Waals surface area (Å²) in [5, 5.41) is 9.22. The van der Waals surface area contributed by atoms with Crippen LogP contribution in [0, 0.1) is 11.3 Å². The molecule has 0 unspecified atom stereocenters. The molecule has 0 amide bonds. The van der Waals surface area contributed by atoms with Gasteiger partial charge in [-0.15, -0.1) is 11.8 Å². The molecule has 0 aliphatic carbocycles. The van der Waals surface area contributed by atoms with E-state index >= 15 is 0 Å². The van der Waals surface area contributed by atoms with Gasteiger partial charge >= 0.3 is 0 Å². The van der Waals surface area contributed by atoms with Crippen LogP contribution in [0.2, 0.25) is 0 Å². The fourth-order valence-electron chi connectivity index (χ4n) is 2.07. The lowest BCUT2D eigenvalue weighted by Gasteiger charge is -2.07. The van der Waals surface area contributed by atoms with Crippen molar-refractivity contribution < 1.29 is 0 Å². The van der Waals surface area contributed by atoms with Gasteiger partial charge in [-0.25, -0.2) is 4.98 Å². The first-order valence-electron chi connectivity index (χ1n) is 7.22. The highest BCUT2D eigenvalue weighted by molar-refractivity contribution is 7.99. The van der Waals surface area contributed by atoms with E-state index < -0.39 is 0 Å². The summed E-state index contributed by atoms with van der Waals surface area (Å²) in [7, 11) is 0. The van der Waals surface area contributed by atoms with Gasteiger partial charge in [0.1, 0.15) is 17.5 Å². The first-order valence-corrected chi connectivity index (χ1v) is 8.20. The molecule has 0 atom stereocenters. The Morgan fingerprint density at radius 3 is 2.50 bits per heavy atom. The fourth-order valence-corrected chi connectivity index (χ4v) is 2.98. The van der Waals surface area contributed by atoms with Crippen molar-refractivity contribution in [2.24, 2.45) is 0 Å². The number of hydrogen-bond donors (Lipinski definition) is 2. The van der Waals surface area contributed by atoms with E-state index in [-0.39, 0.29) is 17.3 Å². The Morgan fingerprint density at radius 1 is 1.14 bits per heavy atom. The number of rotatable bonds is 6. The number of nitriles is 1. The van der Waals surface area contributed by atoms with Crippen molar-refractivity contribution >= 4 is 23.5 Å². The molecular formula is C16H19N5S. The van der Waals surface area contributed by atoms with Crippen LogP contribution < -0.4 is 11.5 Å². The van der Waals surface area contributed by atoms with E-state index in [1.54, 1.807) is 0 Å². The highest BCUT2D eigenvalue weighted by Gasteiger charge is 2.12. The van der Waals surface area contributed by atoms with Gasteiger partial charge in [0.05, 0.1) is 5.69 Å². The fraction of sp³-hybridized carbons (Fsp3) is 0.312. The Balaban J connectivity index is 2.19. The van der Waals surface area contributed by atoms with Gasteiger partial charge < -0.3 is 11.5 Å². The minimum Gasteiger partial charge on any atom is -0.382 e. The summed E-state index contributed by atoms with van der Waals surface area (Å²) in [6.07, 6.45) is 3.71. The second-order valence-electron chi connectivity index (χ2n) is 4.88. The second kappa shape index (κ2) is 7.66. The maximum atomic E-state index is 9.22. The summed E-state index contributed by atoms with van der Waals surface area (Å²) < 4.78 is 0. The first-order chi connectivity index (χ1) is 10.7. The summed E-state index contributed by atoms with van der Waals surface area (Å²) in [5.74, 6) is 1.30. The van der Waals surface area contributed by atoms with Crippen molar-refractivity contribution in [2.75, 3.05) is 17.2 Å². The van der Waals surface area contributed by atoms with Gasteiger partial charge in [0.2, 0.25) is 5.95 Å². The number of unbranched alkanes of at least 4 members (excludes halogenated alkanes) is 2. The van der Waals surface area contributed by atoms with Gasteiger partial charge in [-0.05, 0) is 24.3 Å². The quantitative estimate of drug-likeness (QED) is 0.625. The molecule has 4 N–H and O–H groups in total. The van der Waals surface area contributed by atoms with Crippen molar-refractivity contribution in [2.45, 2.75) is 31.1 Å². The van der Waals surface area contributed by atoms with E-state index in [0.29, 0.717) is 5.69 Å². The van der Waals surface area contributed by atoms with Crippen molar-refractivity contribution in [3.05, 3.63) is 29.8 Å². The number of aromatic nitrogens is 2. The molecule has 1 aromatic heterocycles. The van der Waals surface area contributed by atoms with E-state index in [4.69, 9.17) is 11.5 Å². The Kier molecular flexibility index (Phi) is 5.61. The van der Waals surface area contributed by atoms with Crippen LogP contribution in [-0.4, -0.2) is 15.7 Å². The predicted molar refractivity (Wildman–Crippen MR) is 91.3 cm³/mol. The average Bonchev–Trinajstić information content (AvgIpc) is 2.51. The molecule has 114 valence electrons. The lowest BCUT2D eigenvalue weighted by molar-refractivity contribution is 0.778. The number of nitrogens with two attached hydrogens (primary N) is 2. The van der Waals surface area contributed by atoms with Crippen LogP contribution >= 0.6 is 11.8 Å². The van der Waals surface area contributed by atoms with E-state index in [1.165, 1.54) is 24.2 Å².